The number of hydrogen-bond acceptors (Lipinski definition) is 2. The van der Waals surface area contributed by atoms with Crippen molar-refractivity contribution in [3.63, 3.8) is 0 Å². The van der Waals surface area contributed by atoms with Gasteiger partial charge >= 0.3 is 0 Å². The van der Waals surface area contributed by atoms with E-state index in [1.54, 1.807) is 18.2 Å². The molecule has 136 valence electrons. The zero-order chi connectivity index (χ0) is 18.4. The van der Waals surface area contributed by atoms with Gasteiger partial charge in [-0.05, 0) is 50.5 Å². The highest BCUT2D eigenvalue weighted by molar-refractivity contribution is 6.10. The maximum absolute atomic E-state index is 12.6. The highest BCUT2D eigenvalue weighted by Crippen LogP contribution is 2.17. The van der Waals surface area contributed by atoms with Crippen molar-refractivity contribution in [2.24, 2.45) is 0 Å². The number of benzene rings is 2. The summed E-state index contributed by atoms with van der Waals surface area (Å²) >= 11 is 0. The number of hydrogen-bond donors (Lipinski definition) is 3. The molecule has 1 aliphatic rings. The molecule has 5 heteroatoms. The van der Waals surface area contributed by atoms with Crippen molar-refractivity contribution in [2.75, 3.05) is 23.7 Å². The Balaban J connectivity index is 1.66. The molecule has 5 nitrogen and oxygen atoms in total. The first-order valence-corrected chi connectivity index (χ1v) is 9.23. The highest BCUT2D eigenvalue weighted by atomic mass is 16.2. The molecule has 1 heterocycles. The van der Waals surface area contributed by atoms with Crippen LogP contribution in [0.25, 0.3) is 0 Å². The van der Waals surface area contributed by atoms with Crippen LogP contribution in [0.3, 0.4) is 0 Å². The van der Waals surface area contributed by atoms with E-state index in [9.17, 15) is 9.59 Å². The molecule has 1 aliphatic heterocycles. The number of carbonyl (C=O) groups excluding carboxylic acids is 2. The molecule has 3 rings (SSSR count). The van der Waals surface area contributed by atoms with Crippen LogP contribution in [0.15, 0.2) is 54.6 Å². The highest BCUT2D eigenvalue weighted by Gasteiger charge is 2.24. The van der Waals surface area contributed by atoms with Crippen LogP contribution in [0.1, 0.15) is 36.5 Å². The SMILES string of the molecule is C[C@H]1CCCC[NH+]1CC(=O)Nc1ccccc1C(=O)Nc1ccccc1. The third-order valence-electron chi connectivity index (χ3n) is 4.95. The number of rotatable bonds is 5. The van der Waals surface area contributed by atoms with Gasteiger partial charge in [0.2, 0.25) is 0 Å². The summed E-state index contributed by atoms with van der Waals surface area (Å²) in [7, 11) is 0. The van der Waals surface area contributed by atoms with Gasteiger partial charge in [-0.15, -0.1) is 0 Å². The number of likely N-dealkylation sites (tertiary alicyclic amines) is 1. The molecule has 0 radical (unpaired) electrons. The van der Waals surface area contributed by atoms with Crippen LogP contribution >= 0.6 is 0 Å². The molecule has 1 saturated heterocycles. The third-order valence-corrected chi connectivity index (χ3v) is 4.95. The number of anilines is 2. The van der Waals surface area contributed by atoms with Crippen molar-refractivity contribution in [1.29, 1.82) is 0 Å². The summed E-state index contributed by atoms with van der Waals surface area (Å²) in [5.41, 5.74) is 1.74. The van der Waals surface area contributed by atoms with Gasteiger partial charge < -0.3 is 15.5 Å². The van der Waals surface area contributed by atoms with Gasteiger partial charge in [0.1, 0.15) is 0 Å². The second kappa shape index (κ2) is 8.63. The Bertz CT molecular complexity index is 761. The second-order valence-corrected chi connectivity index (χ2v) is 6.90. The zero-order valence-electron chi connectivity index (χ0n) is 15.1. The van der Waals surface area contributed by atoms with E-state index in [1.165, 1.54) is 24.2 Å². The molecule has 3 N–H and O–H groups in total. The topological polar surface area (TPSA) is 62.6 Å². The molecule has 1 unspecified atom stereocenters. The minimum absolute atomic E-state index is 0.0475. The molecule has 2 amide bonds. The fourth-order valence-electron chi connectivity index (χ4n) is 3.43. The lowest BCUT2D eigenvalue weighted by atomic mass is 10.0. The van der Waals surface area contributed by atoms with E-state index < -0.39 is 0 Å². The van der Waals surface area contributed by atoms with E-state index in [2.05, 4.69) is 17.6 Å². The van der Waals surface area contributed by atoms with Crippen LogP contribution in [0.4, 0.5) is 11.4 Å². The van der Waals surface area contributed by atoms with E-state index in [0.29, 0.717) is 23.8 Å². The van der Waals surface area contributed by atoms with Crippen LogP contribution in [0.2, 0.25) is 0 Å². The molecule has 2 atom stereocenters. The Morgan fingerprint density at radius 3 is 2.50 bits per heavy atom. The average molecular weight is 352 g/mol. The van der Waals surface area contributed by atoms with Gasteiger partial charge in [0.15, 0.2) is 6.54 Å². The fraction of sp³-hybridized carbons (Fsp3) is 0.333. The molecule has 2 aromatic rings. The van der Waals surface area contributed by atoms with Crippen molar-refractivity contribution in [3.8, 4) is 0 Å². The first-order chi connectivity index (χ1) is 12.6. The number of piperidine rings is 1. The fourth-order valence-corrected chi connectivity index (χ4v) is 3.43. The third kappa shape index (κ3) is 4.70. The Morgan fingerprint density at radius 2 is 1.73 bits per heavy atom. The summed E-state index contributed by atoms with van der Waals surface area (Å²) in [4.78, 5) is 26.4. The lowest BCUT2D eigenvalue weighted by molar-refractivity contribution is -0.920. The van der Waals surface area contributed by atoms with Crippen molar-refractivity contribution in [3.05, 3.63) is 60.2 Å². The summed E-state index contributed by atoms with van der Waals surface area (Å²) in [6.07, 6.45) is 3.58. The molecule has 0 bridgehead atoms. The Labute approximate surface area is 154 Å². The van der Waals surface area contributed by atoms with E-state index in [-0.39, 0.29) is 11.8 Å². The summed E-state index contributed by atoms with van der Waals surface area (Å²) in [5.74, 6) is -0.278. The van der Waals surface area contributed by atoms with E-state index in [0.717, 1.165) is 12.2 Å². The predicted octanol–water partition coefficient (Wildman–Crippen LogP) is 2.33. The van der Waals surface area contributed by atoms with Gasteiger partial charge in [0.05, 0.1) is 23.8 Å². The Morgan fingerprint density at radius 1 is 1.00 bits per heavy atom. The minimum Gasteiger partial charge on any atom is -0.325 e. The van der Waals surface area contributed by atoms with E-state index >= 15 is 0 Å². The predicted molar refractivity (Wildman–Crippen MR) is 103 cm³/mol. The van der Waals surface area contributed by atoms with E-state index in [1.807, 2.05) is 36.4 Å². The number of para-hydroxylation sites is 2. The van der Waals surface area contributed by atoms with Crippen LogP contribution in [-0.4, -0.2) is 30.9 Å². The van der Waals surface area contributed by atoms with Crippen LogP contribution in [0, 0.1) is 0 Å². The molecular weight excluding hydrogens is 326 g/mol. The van der Waals surface area contributed by atoms with Gasteiger partial charge in [0.25, 0.3) is 11.8 Å². The molecule has 26 heavy (non-hydrogen) atoms. The van der Waals surface area contributed by atoms with E-state index in [4.69, 9.17) is 0 Å². The van der Waals surface area contributed by atoms with Gasteiger partial charge in [-0.2, -0.15) is 0 Å². The zero-order valence-corrected chi connectivity index (χ0v) is 15.1. The molecule has 0 spiro atoms. The average Bonchev–Trinajstić information content (AvgIpc) is 2.65. The van der Waals surface area contributed by atoms with Crippen LogP contribution < -0.4 is 15.5 Å². The van der Waals surface area contributed by atoms with Crippen molar-refractivity contribution in [2.45, 2.75) is 32.2 Å². The smallest absolute Gasteiger partial charge is 0.279 e. The molecule has 2 aromatic carbocycles. The molecule has 1 fully saturated rings. The van der Waals surface area contributed by atoms with Crippen molar-refractivity contribution < 1.29 is 14.5 Å². The summed E-state index contributed by atoms with van der Waals surface area (Å²) in [6, 6.07) is 16.9. The number of carbonyl (C=O) groups is 2. The minimum atomic E-state index is -0.231. The quantitative estimate of drug-likeness (QED) is 0.773. The molecule has 0 aromatic heterocycles. The largest absolute Gasteiger partial charge is 0.325 e. The lowest BCUT2D eigenvalue weighted by Gasteiger charge is -2.29. The summed E-state index contributed by atoms with van der Waals surface area (Å²) in [5, 5.41) is 5.79. The van der Waals surface area contributed by atoms with Gasteiger partial charge in [-0.25, -0.2) is 0 Å². The summed E-state index contributed by atoms with van der Waals surface area (Å²) < 4.78 is 0. The number of nitrogens with one attached hydrogen (secondary N) is 3. The van der Waals surface area contributed by atoms with Gasteiger partial charge in [0, 0.05) is 5.69 Å². The van der Waals surface area contributed by atoms with Crippen LogP contribution in [0.5, 0.6) is 0 Å². The standard InChI is InChI=1S/C21H25N3O2/c1-16-9-7-8-14-24(16)15-20(25)23-19-13-6-5-12-18(19)21(26)22-17-10-3-2-4-11-17/h2-6,10-13,16H,7-9,14-15H2,1H3,(H,22,26)(H,23,25)/p+1/t16-/m0/s1. The normalized spacial score (nSPS) is 19.6. The van der Waals surface area contributed by atoms with Crippen LogP contribution in [-0.2, 0) is 4.79 Å². The first kappa shape index (κ1) is 18.1. The summed E-state index contributed by atoms with van der Waals surface area (Å²) in [6.45, 7) is 3.67. The molecule has 0 saturated carbocycles. The number of quaternary nitrogens is 1. The second-order valence-electron chi connectivity index (χ2n) is 6.90. The number of amides is 2. The maximum atomic E-state index is 12.6. The molecule has 0 aliphatic carbocycles. The van der Waals surface area contributed by atoms with Crippen molar-refractivity contribution in [1.82, 2.24) is 0 Å². The Hall–Kier alpha value is -2.66. The first-order valence-electron chi connectivity index (χ1n) is 9.23. The van der Waals surface area contributed by atoms with Gasteiger partial charge in [-0.1, -0.05) is 30.3 Å². The van der Waals surface area contributed by atoms with Gasteiger partial charge in [-0.3, -0.25) is 9.59 Å². The maximum Gasteiger partial charge on any atom is 0.279 e. The molecular formula is C21H26N3O2+. The monoisotopic (exact) mass is 352 g/mol. The Kier molecular flexibility index (Phi) is 6.02. The lowest BCUT2D eigenvalue weighted by Crippen LogP contribution is -3.17. The van der Waals surface area contributed by atoms with Crippen molar-refractivity contribution >= 4 is 23.2 Å².